The van der Waals surface area contributed by atoms with Gasteiger partial charge >= 0.3 is 0 Å². The summed E-state index contributed by atoms with van der Waals surface area (Å²) in [6, 6.07) is 3.82. The number of pyridine rings is 1. The third-order valence-electron chi connectivity index (χ3n) is 2.21. The fraction of sp³-hybridized carbons (Fsp3) is 0.182. The van der Waals surface area contributed by atoms with Crippen LogP contribution in [-0.4, -0.2) is 27.7 Å². The number of aromatic nitrogens is 3. The van der Waals surface area contributed by atoms with Gasteiger partial charge < -0.3 is 5.32 Å². The number of likely N-dealkylation sites (N-methyl/N-ethyl adjacent to an activating group) is 1. The second-order valence-corrected chi connectivity index (χ2v) is 3.34. The molecule has 2 rings (SSSR count). The van der Waals surface area contributed by atoms with Gasteiger partial charge in [-0.1, -0.05) is 6.07 Å². The fourth-order valence-corrected chi connectivity index (χ4v) is 1.36. The molecule has 5 nitrogen and oxygen atoms in total. The van der Waals surface area contributed by atoms with Gasteiger partial charge in [0.15, 0.2) is 0 Å². The number of amides is 1. The summed E-state index contributed by atoms with van der Waals surface area (Å²) in [5, 5.41) is 6.66. The Bertz CT molecular complexity index is 478. The van der Waals surface area contributed by atoms with E-state index in [1.165, 1.54) is 0 Å². The van der Waals surface area contributed by atoms with E-state index in [1.807, 2.05) is 18.3 Å². The van der Waals surface area contributed by atoms with Crippen molar-refractivity contribution in [2.75, 3.05) is 7.05 Å². The first kappa shape index (κ1) is 10.4. The van der Waals surface area contributed by atoms with E-state index in [9.17, 15) is 4.79 Å². The molecule has 2 heterocycles. The lowest BCUT2D eigenvalue weighted by molar-refractivity contribution is -0.121. The molecule has 1 amide bonds. The molecule has 0 atom stereocenters. The monoisotopic (exact) mass is 216 g/mol. The maximum absolute atomic E-state index is 11.1. The van der Waals surface area contributed by atoms with E-state index in [4.69, 9.17) is 0 Å². The van der Waals surface area contributed by atoms with Gasteiger partial charge in [-0.15, -0.1) is 0 Å². The molecule has 0 saturated heterocycles. The largest absolute Gasteiger partial charge is 0.358 e. The molecule has 5 heteroatoms. The Hall–Kier alpha value is -2.17. The van der Waals surface area contributed by atoms with Crippen molar-refractivity contribution in [2.45, 2.75) is 6.54 Å². The summed E-state index contributed by atoms with van der Waals surface area (Å²) in [6.07, 6.45) is 7.03. The third-order valence-corrected chi connectivity index (χ3v) is 2.21. The highest BCUT2D eigenvalue weighted by atomic mass is 16.1. The number of carbonyl (C=O) groups excluding carboxylic acids is 1. The Labute approximate surface area is 93.1 Å². The standard InChI is InChI=1S/C11H12N4O/c1-12-11(16)8-15-7-10(6-14-15)9-3-2-4-13-5-9/h2-7H,8H2,1H3,(H,12,16). The predicted octanol–water partition coefficient (Wildman–Crippen LogP) is 0.691. The summed E-state index contributed by atoms with van der Waals surface area (Å²) in [7, 11) is 1.61. The summed E-state index contributed by atoms with van der Waals surface area (Å²) in [5.41, 5.74) is 1.95. The zero-order chi connectivity index (χ0) is 11.4. The smallest absolute Gasteiger partial charge is 0.241 e. The number of carbonyl (C=O) groups is 1. The zero-order valence-electron chi connectivity index (χ0n) is 8.92. The second kappa shape index (κ2) is 4.57. The van der Waals surface area contributed by atoms with Gasteiger partial charge in [0.05, 0.1) is 6.20 Å². The van der Waals surface area contributed by atoms with Crippen LogP contribution in [0.5, 0.6) is 0 Å². The van der Waals surface area contributed by atoms with Crippen molar-refractivity contribution in [2.24, 2.45) is 0 Å². The lowest BCUT2D eigenvalue weighted by atomic mass is 10.2. The molecular formula is C11H12N4O. The molecular weight excluding hydrogens is 204 g/mol. The minimum atomic E-state index is -0.0687. The van der Waals surface area contributed by atoms with Gasteiger partial charge in [-0.2, -0.15) is 5.10 Å². The molecule has 0 aromatic carbocycles. The van der Waals surface area contributed by atoms with Crippen molar-refractivity contribution in [1.29, 1.82) is 0 Å². The molecule has 82 valence electrons. The lowest BCUT2D eigenvalue weighted by Crippen LogP contribution is -2.23. The summed E-state index contributed by atoms with van der Waals surface area (Å²) < 4.78 is 1.60. The molecule has 0 bridgehead atoms. The van der Waals surface area contributed by atoms with Crippen LogP contribution < -0.4 is 5.32 Å². The van der Waals surface area contributed by atoms with Crippen LogP contribution >= 0.6 is 0 Å². The first-order valence-electron chi connectivity index (χ1n) is 4.93. The molecule has 0 aliphatic heterocycles. The van der Waals surface area contributed by atoms with E-state index >= 15 is 0 Å². The van der Waals surface area contributed by atoms with E-state index in [1.54, 1.807) is 30.3 Å². The van der Waals surface area contributed by atoms with Crippen LogP contribution in [0.1, 0.15) is 0 Å². The highest BCUT2D eigenvalue weighted by Crippen LogP contribution is 2.16. The maximum atomic E-state index is 11.1. The molecule has 0 aliphatic rings. The average Bonchev–Trinajstić information content (AvgIpc) is 2.78. The minimum Gasteiger partial charge on any atom is -0.358 e. The number of hydrogen-bond acceptors (Lipinski definition) is 3. The van der Waals surface area contributed by atoms with Gasteiger partial charge in [-0.3, -0.25) is 14.5 Å². The Kier molecular flexibility index (Phi) is 2.95. The second-order valence-electron chi connectivity index (χ2n) is 3.34. The Balaban J connectivity index is 2.17. The van der Waals surface area contributed by atoms with Gasteiger partial charge in [0.1, 0.15) is 6.54 Å². The number of rotatable bonds is 3. The van der Waals surface area contributed by atoms with Gasteiger partial charge in [0.25, 0.3) is 0 Å². The van der Waals surface area contributed by atoms with Gasteiger partial charge in [0, 0.05) is 36.8 Å². The molecule has 2 aromatic heterocycles. The molecule has 0 radical (unpaired) electrons. The number of hydrogen-bond donors (Lipinski definition) is 1. The number of nitrogens with one attached hydrogen (secondary N) is 1. The molecule has 0 spiro atoms. The molecule has 0 fully saturated rings. The van der Waals surface area contributed by atoms with Crippen molar-refractivity contribution in [3.8, 4) is 11.1 Å². The SMILES string of the molecule is CNC(=O)Cn1cc(-c2cccnc2)cn1. The van der Waals surface area contributed by atoms with E-state index in [0.29, 0.717) is 0 Å². The molecule has 2 aromatic rings. The highest BCUT2D eigenvalue weighted by Gasteiger charge is 2.04. The minimum absolute atomic E-state index is 0.0687. The molecule has 16 heavy (non-hydrogen) atoms. The fourth-order valence-electron chi connectivity index (χ4n) is 1.36. The van der Waals surface area contributed by atoms with Gasteiger partial charge in [-0.05, 0) is 6.07 Å². The Morgan fingerprint density at radius 2 is 2.31 bits per heavy atom. The predicted molar refractivity (Wildman–Crippen MR) is 59.5 cm³/mol. The quantitative estimate of drug-likeness (QED) is 0.821. The lowest BCUT2D eigenvalue weighted by Gasteiger charge is -1.98. The van der Waals surface area contributed by atoms with E-state index < -0.39 is 0 Å². The topological polar surface area (TPSA) is 59.8 Å². The van der Waals surface area contributed by atoms with Crippen molar-refractivity contribution in [3.63, 3.8) is 0 Å². The Morgan fingerprint density at radius 3 is 3.00 bits per heavy atom. The van der Waals surface area contributed by atoms with Crippen LogP contribution in [0.15, 0.2) is 36.9 Å². The highest BCUT2D eigenvalue weighted by molar-refractivity contribution is 5.75. The van der Waals surface area contributed by atoms with Crippen LogP contribution in [0.3, 0.4) is 0 Å². The van der Waals surface area contributed by atoms with Crippen molar-refractivity contribution in [1.82, 2.24) is 20.1 Å². The number of nitrogens with zero attached hydrogens (tertiary/aromatic N) is 3. The first-order valence-corrected chi connectivity index (χ1v) is 4.93. The van der Waals surface area contributed by atoms with Crippen molar-refractivity contribution < 1.29 is 4.79 Å². The first-order chi connectivity index (χ1) is 7.79. The van der Waals surface area contributed by atoms with Gasteiger partial charge in [0.2, 0.25) is 5.91 Å². The molecule has 0 saturated carbocycles. The summed E-state index contributed by atoms with van der Waals surface area (Å²) >= 11 is 0. The third kappa shape index (κ3) is 2.25. The average molecular weight is 216 g/mol. The van der Waals surface area contributed by atoms with Crippen LogP contribution in [-0.2, 0) is 11.3 Å². The summed E-state index contributed by atoms with van der Waals surface area (Å²) in [5.74, 6) is -0.0687. The van der Waals surface area contributed by atoms with Crippen molar-refractivity contribution >= 4 is 5.91 Å². The van der Waals surface area contributed by atoms with Crippen LogP contribution in [0.2, 0.25) is 0 Å². The maximum Gasteiger partial charge on any atom is 0.241 e. The van der Waals surface area contributed by atoms with Gasteiger partial charge in [-0.25, -0.2) is 0 Å². The van der Waals surface area contributed by atoms with Crippen LogP contribution in [0.25, 0.3) is 11.1 Å². The Morgan fingerprint density at radius 1 is 1.44 bits per heavy atom. The zero-order valence-corrected chi connectivity index (χ0v) is 8.92. The van der Waals surface area contributed by atoms with E-state index in [0.717, 1.165) is 11.1 Å². The molecule has 0 aliphatic carbocycles. The van der Waals surface area contributed by atoms with Crippen LogP contribution in [0, 0.1) is 0 Å². The van der Waals surface area contributed by atoms with Crippen molar-refractivity contribution in [3.05, 3.63) is 36.9 Å². The normalized spacial score (nSPS) is 10.1. The van der Waals surface area contributed by atoms with E-state index in [2.05, 4.69) is 15.4 Å². The van der Waals surface area contributed by atoms with Crippen LogP contribution in [0.4, 0.5) is 0 Å². The molecule has 1 N–H and O–H groups in total. The molecule has 0 unspecified atom stereocenters. The summed E-state index contributed by atoms with van der Waals surface area (Å²) in [4.78, 5) is 15.2. The van der Waals surface area contributed by atoms with E-state index in [-0.39, 0.29) is 12.5 Å². The summed E-state index contributed by atoms with van der Waals surface area (Å²) in [6.45, 7) is 0.233.